The monoisotopic (exact) mass is 310 g/mol. The molecular formula is C13H26OSi4. The summed E-state index contributed by atoms with van der Waals surface area (Å²) in [5.74, 6) is 0. The Morgan fingerprint density at radius 2 is 1.28 bits per heavy atom. The molecule has 0 spiro atoms. The van der Waals surface area contributed by atoms with Crippen LogP contribution >= 0.6 is 0 Å². The standard InChI is InChI=1S/C13H26OSi4/c1-9-17(10-2)14-13-15(5,6)16(7,8)18(17,11-3)12-4/h9-12H,1-4,13H2,5-8H3. The van der Waals surface area contributed by atoms with Gasteiger partial charge >= 0.3 is 0 Å². The minimum atomic E-state index is -2.11. The zero-order valence-corrected chi connectivity index (χ0v) is 16.3. The highest BCUT2D eigenvalue weighted by molar-refractivity contribution is 7.87. The van der Waals surface area contributed by atoms with E-state index in [0.29, 0.717) is 0 Å². The van der Waals surface area contributed by atoms with E-state index in [1.165, 1.54) is 0 Å². The lowest BCUT2D eigenvalue weighted by Crippen LogP contribution is -2.87. The summed E-state index contributed by atoms with van der Waals surface area (Å²) in [5.41, 5.74) is 8.62. The van der Waals surface area contributed by atoms with Crippen LogP contribution in [0.5, 0.6) is 0 Å². The summed E-state index contributed by atoms with van der Waals surface area (Å²) in [6, 6.07) is 0. The maximum Gasteiger partial charge on any atom is 0.231 e. The average molecular weight is 311 g/mol. The predicted molar refractivity (Wildman–Crippen MR) is 93.2 cm³/mol. The Morgan fingerprint density at radius 3 is 1.61 bits per heavy atom. The van der Waals surface area contributed by atoms with E-state index in [0.717, 1.165) is 6.23 Å². The van der Waals surface area contributed by atoms with Gasteiger partial charge in [0.05, 0.1) is 7.59 Å². The van der Waals surface area contributed by atoms with Gasteiger partial charge in [0.15, 0.2) is 0 Å². The molecule has 0 amide bonds. The zero-order valence-electron chi connectivity index (χ0n) is 12.3. The molecule has 0 aromatic heterocycles. The van der Waals surface area contributed by atoms with Crippen molar-refractivity contribution in [2.45, 2.75) is 26.2 Å². The molecule has 1 rings (SSSR count). The first-order valence-electron chi connectivity index (χ1n) is 6.38. The summed E-state index contributed by atoms with van der Waals surface area (Å²) in [5, 5.41) is 0. The second kappa shape index (κ2) is 4.72. The van der Waals surface area contributed by atoms with Gasteiger partial charge in [-0.1, -0.05) is 49.0 Å². The van der Waals surface area contributed by atoms with Crippen LogP contribution in [-0.4, -0.2) is 35.9 Å². The third kappa shape index (κ3) is 1.65. The second-order valence-electron chi connectivity index (χ2n) is 6.28. The van der Waals surface area contributed by atoms with E-state index >= 15 is 0 Å². The van der Waals surface area contributed by atoms with E-state index < -0.39 is 29.6 Å². The van der Waals surface area contributed by atoms with Gasteiger partial charge in [0.1, 0.15) is 7.11 Å². The Hall–Kier alpha value is -0.212. The molecule has 5 heteroatoms. The first-order chi connectivity index (χ1) is 8.20. The molecule has 1 nitrogen and oxygen atoms in total. The van der Waals surface area contributed by atoms with Crippen LogP contribution in [0.2, 0.25) is 26.2 Å². The quantitative estimate of drug-likeness (QED) is 0.722. The molecule has 1 fully saturated rings. The zero-order chi connectivity index (χ0) is 14.2. The lowest BCUT2D eigenvalue weighted by Gasteiger charge is -2.59. The van der Waals surface area contributed by atoms with Crippen molar-refractivity contribution in [2.75, 3.05) is 6.23 Å². The largest absolute Gasteiger partial charge is 0.415 e. The van der Waals surface area contributed by atoms with Gasteiger partial charge in [-0.2, -0.15) is 0 Å². The lowest BCUT2D eigenvalue weighted by molar-refractivity contribution is 0.389. The Kier molecular flexibility index (Phi) is 4.15. The maximum atomic E-state index is 6.43. The molecule has 0 aromatic carbocycles. The van der Waals surface area contributed by atoms with Gasteiger partial charge < -0.3 is 4.43 Å². The molecule has 1 saturated heterocycles. The SMILES string of the molecule is C=C[Si]1(C=C)OC[Si](C)(C)[Si](C)(C)[Si]1(C=C)C=C. The Bertz CT molecular complexity index is 382. The summed E-state index contributed by atoms with van der Waals surface area (Å²) < 4.78 is 6.43. The van der Waals surface area contributed by atoms with E-state index in [-0.39, 0.29) is 0 Å². The fourth-order valence-corrected chi connectivity index (χ4v) is 65.7. The van der Waals surface area contributed by atoms with Gasteiger partial charge in [-0.25, -0.2) is 0 Å². The average Bonchev–Trinajstić information content (AvgIpc) is 2.33. The van der Waals surface area contributed by atoms with Crippen molar-refractivity contribution >= 4 is 29.6 Å². The fourth-order valence-electron chi connectivity index (χ4n) is 3.10. The van der Waals surface area contributed by atoms with Crippen molar-refractivity contribution in [3.05, 3.63) is 49.1 Å². The van der Waals surface area contributed by atoms with Crippen LogP contribution in [0.3, 0.4) is 0 Å². The Morgan fingerprint density at radius 1 is 0.833 bits per heavy atom. The summed E-state index contributed by atoms with van der Waals surface area (Å²) in [6.07, 6.45) is 0.951. The molecule has 0 bridgehead atoms. The van der Waals surface area contributed by atoms with Crippen LogP contribution in [0.1, 0.15) is 0 Å². The highest BCUT2D eigenvalue weighted by atomic mass is 29.8. The van der Waals surface area contributed by atoms with Gasteiger partial charge in [0, 0.05) is 13.3 Å². The molecule has 0 aliphatic carbocycles. The first-order valence-corrected chi connectivity index (χ1v) is 19.8. The topological polar surface area (TPSA) is 9.23 Å². The molecule has 0 saturated carbocycles. The van der Waals surface area contributed by atoms with Gasteiger partial charge in [0.2, 0.25) is 7.83 Å². The smallest absolute Gasteiger partial charge is 0.231 e. The maximum absolute atomic E-state index is 6.43. The van der Waals surface area contributed by atoms with Gasteiger partial charge in [-0.05, 0) is 0 Å². The minimum Gasteiger partial charge on any atom is -0.415 e. The molecule has 1 aliphatic rings. The number of rotatable bonds is 4. The van der Waals surface area contributed by atoms with Crippen molar-refractivity contribution in [3.8, 4) is 0 Å². The van der Waals surface area contributed by atoms with E-state index in [1.807, 2.05) is 0 Å². The molecule has 0 unspecified atom stereocenters. The molecule has 0 N–H and O–H groups in total. The molecule has 18 heavy (non-hydrogen) atoms. The van der Waals surface area contributed by atoms with Crippen molar-refractivity contribution in [1.82, 2.24) is 0 Å². The van der Waals surface area contributed by atoms with E-state index in [2.05, 4.69) is 75.3 Å². The van der Waals surface area contributed by atoms with Gasteiger partial charge in [-0.15, -0.1) is 26.3 Å². The van der Waals surface area contributed by atoms with Crippen LogP contribution in [0.4, 0.5) is 0 Å². The Labute approximate surface area is 115 Å². The fraction of sp³-hybridized carbons (Fsp3) is 0.385. The summed E-state index contributed by atoms with van der Waals surface area (Å²) >= 11 is 0. The minimum absolute atomic E-state index is 0.951. The summed E-state index contributed by atoms with van der Waals surface area (Å²) in [7, 11) is -6.75. The van der Waals surface area contributed by atoms with Gasteiger partial charge in [0.25, 0.3) is 0 Å². The third-order valence-corrected chi connectivity index (χ3v) is 62.3. The highest BCUT2D eigenvalue weighted by Gasteiger charge is 2.67. The van der Waals surface area contributed by atoms with Crippen LogP contribution in [0, 0.1) is 0 Å². The molecule has 1 aliphatic heterocycles. The molecule has 0 radical (unpaired) electrons. The van der Waals surface area contributed by atoms with Crippen molar-refractivity contribution in [3.63, 3.8) is 0 Å². The molecule has 1 heterocycles. The highest BCUT2D eigenvalue weighted by Crippen LogP contribution is 2.42. The van der Waals surface area contributed by atoms with Gasteiger partial charge in [-0.3, -0.25) is 0 Å². The molecular weight excluding hydrogens is 284 g/mol. The number of hydrogen-bond donors (Lipinski definition) is 0. The van der Waals surface area contributed by atoms with Crippen LogP contribution in [0.25, 0.3) is 0 Å². The van der Waals surface area contributed by atoms with Crippen molar-refractivity contribution < 1.29 is 4.43 Å². The van der Waals surface area contributed by atoms with Crippen molar-refractivity contribution in [2.24, 2.45) is 0 Å². The van der Waals surface area contributed by atoms with Crippen LogP contribution in [0.15, 0.2) is 49.1 Å². The second-order valence-corrected chi connectivity index (χ2v) is 40.7. The van der Waals surface area contributed by atoms with Crippen LogP contribution < -0.4 is 0 Å². The Balaban J connectivity index is 3.64. The van der Waals surface area contributed by atoms with Crippen LogP contribution in [-0.2, 0) is 4.43 Å². The molecule has 0 atom stereocenters. The molecule has 0 aromatic rings. The van der Waals surface area contributed by atoms with Crippen molar-refractivity contribution in [1.29, 1.82) is 0 Å². The van der Waals surface area contributed by atoms with E-state index in [9.17, 15) is 0 Å². The van der Waals surface area contributed by atoms with E-state index in [4.69, 9.17) is 4.43 Å². The van der Waals surface area contributed by atoms with E-state index in [1.54, 1.807) is 0 Å². The normalized spacial score (nSPS) is 26.9. The molecule has 100 valence electrons. The first kappa shape index (κ1) is 15.8. The predicted octanol–water partition coefficient (Wildman–Crippen LogP) is 3.50. The summed E-state index contributed by atoms with van der Waals surface area (Å²) in [4.78, 5) is 0. The lowest BCUT2D eigenvalue weighted by atomic mass is 11.2. The number of hydrogen-bond acceptors (Lipinski definition) is 1. The summed E-state index contributed by atoms with van der Waals surface area (Å²) in [6.45, 7) is 26.5. The third-order valence-electron chi connectivity index (χ3n) is 5.29.